The predicted molar refractivity (Wildman–Crippen MR) is 108 cm³/mol. The molecule has 5 rings (SSSR count). The highest BCUT2D eigenvalue weighted by Gasteiger charge is 2.41. The van der Waals surface area contributed by atoms with E-state index in [0.29, 0.717) is 48.0 Å². The third-order valence-corrected chi connectivity index (χ3v) is 7.12. The molecule has 3 aliphatic rings. The second kappa shape index (κ2) is 7.76. The molecule has 0 radical (unpaired) electrons. The molecule has 0 N–H and O–H groups in total. The summed E-state index contributed by atoms with van der Waals surface area (Å²) in [6.45, 7) is 2.34. The highest BCUT2D eigenvalue weighted by molar-refractivity contribution is 5.99. The molecule has 4 heterocycles. The maximum atomic E-state index is 13.2. The normalized spacial score (nSPS) is 26.0. The summed E-state index contributed by atoms with van der Waals surface area (Å²) in [6, 6.07) is 2.10. The molecule has 0 bridgehead atoms. The Morgan fingerprint density at radius 2 is 2.00 bits per heavy atom. The Hall–Kier alpha value is -2.44. The van der Waals surface area contributed by atoms with Crippen LogP contribution in [0.25, 0.3) is 5.65 Å². The number of carbonyl (C=O) groups is 2. The van der Waals surface area contributed by atoms with Crippen molar-refractivity contribution in [3.63, 3.8) is 0 Å². The molecule has 0 spiro atoms. The van der Waals surface area contributed by atoms with Gasteiger partial charge in [-0.2, -0.15) is 5.10 Å². The number of aromatic nitrogens is 3. The average molecular weight is 396 g/mol. The molecule has 3 fully saturated rings. The highest BCUT2D eigenvalue weighted by atomic mass is 16.2. The Bertz CT molecular complexity index is 903. The van der Waals surface area contributed by atoms with Crippen LogP contribution in [0.2, 0.25) is 0 Å². The van der Waals surface area contributed by atoms with Crippen molar-refractivity contribution in [2.24, 2.45) is 11.8 Å². The number of hydrogen-bond donors (Lipinski definition) is 0. The van der Waals surface area contributed by atoms with Gasteiger partial charge in [-0.1, -0.05) is 19.3 Å². The van der Waals surface area contributed by atoms with Crippen molar-refractivity contribution in [1.29, 1.82) is 0 Å². The Morgan fingerprint density at radius 3 is 2.86 bits per heavy atom. The molecular weight excluding hydrogens is 366 g/mol. The molecule has 7 heteroatoms. The second-order valence-electron chi connectivity index (χ2n) is 8.90. The Labute approximate surface area is 171 Å². The summed E-state index contributed by atoms with van der Waals surface area (Å²) in [7, 11) is 0. The number of piperidine rings is 2. The quantitative estimate of drug-likeness (QED) is 0.801. The van der Waals surface area contributed by atoms with Crippen LogP contribution in [0.1, 0.15) is 61.7 Å². The molecule has 2 aromatic heterocycles. The Kier molecular flexibility index (Phi) is 4.97. The summed E-state index contributed by atoms with van der Waals surface area (Å²) in [5.74, 6) is 1.37. The zero-order valence-corrected chi connectivity index (χ0v) is 16.9. The van der Waals surface area contributed by atoms with Crippen LogP contribution in [-0.2, 0) is 4.79 Å². The molecule has 154 valence electrons. The summed E-state index contributed by atoms with van der Waals surface area (Å²) in [4.78, 5) is 34.3. The summed E-state index contributed by atoms with van der Waals surface area (Å²) >= 11 is 0. The van der Waals surface area contributed by atoms with Gasteiger partial charge >= 0.3 is 0 Å². The maximum Gasteiger partial charge on any atom is 0.259 e. The summed E-state index contributed by atoms with van der Waals surface area (Å²) in [6.07, 6.45) is 14.0. The zero-order valence-electron chi connectivity index (χ0n) is 16.9. The minimum absolute atomic E-state index is 0.00730. The minimum atomic E-state index is 0.00730. The molecule has 2 atom stereocenters. The van der Waals surface area contributed by atoms with Crippen LogP contribution in [-0.4, -0.2) is 61.9 Å². The highest BCUT2D eigenvalue weighted by Crippen LogP contribution is 2.34. The van der Waals surface area contributed by atoms with Gasteiger partial charge in [0.2, 0.25) is 5.91 Å². The van der Waals surface area contributed by atoms with Crippen LogP contribution in [0.5, 0.6) is 0 Å². The lowest BCUT2D eigenvalue weighted by atomic mass is 9.81. The predicted octanol–water partition coefficient (Wildman–Crippen LogP) is 2.76. The fraction of sp³-hybridized carbons (Fsp3) is 0.636. The fourth-order valence-electron chi connectivity index (χ4n) is 5.57. The molecule has 7 nitrogen and oxygen atoms in total. The molecule has 1 saturated carbocycles. The maximum absolute atomic E-state index is 13.2. The molecule has 2 aliphatic heterocycles. The van der Waals surface area contributed by atoms with Crippen LogP contribution >= 0.6 is 0 Å². The van der Waals surface area contributed by atoms with E-state index in [1.54, 1.807) is 29.2 Å². The first-order chi connectivity index (χ1) is 14.2. The monoisotopic (exact) mass is 395 g/mol. The van der Waals surface area contributed by atoms with E-state index < -0.39 is 0 Å². The lowest BCUT2D eigenvalue weighted by Crippen LogP contribution is -2.57. The van der Waals surface area contributed by atoms with Crippen LogP contribution in [0, 0.1) is 11.8 Å². The van der Waals surface area contributed by atoms with Gasteiger partial charge in [0, 0.05) is 44.5 Å². The van der Waals surface area contributed by atoms with Gasteiger partial charge in [-0.3, -0.25) is 9.59 Å². The second-order valence-corrected chi connectivity index (χ2v) is 8.90. The molecule has 0 unspecified atom stereocenters. The van der Waals surface area contributed by atoms with Crippen LogP contribution in [0.3, 0.4) is 0 Å². The van der Waals surface area contributed by atoms with Gasteiger partial charge in [-0.15, -0.1) is 0 Å². The van der Waals surface area contributed by atoms with Gasteiger partial charge in [0.1, 0.15) is 5.56 Å². The van der Waals surface area contributed by atoms with Crippen molar-refractivity contribution in [2.75, 3.05) is 19.6 Å². The van der Waals surface area contributed by atoms with Gasteiger partial charge in [0.25, 0.3) is 5.91 Å². The standard InChI is InChI=1S/C22H29N5O2/c28-20-8-7-17-15-25(22(29)18-13-24-27-11-4-10-23-21(18)27)12-9-19(17)26(20)14-16-5-2-1-3-6-16/h4,10-11,13,16-17,19H,1-3,5-9,12,14-15H2/t17-,19+/m1/s1. The number of carbonyl (C=O) groups excluding carboxylic acids is 2. The Balaban J connectivity index is 1.29. The largest absolute Gasteiger partial charge is 0.339 e. The molecular formula is C22H29N5O2. The van der Waals surface area contributed by atoms with Crippen LogP contribution in [0.4, 0.5) is 0 Å². The van der Waals surface area contributed by atoms with E-state index in [-0.39, 0.29) is 5.91 Å². The number of nitrogens with zero attached hydrogens (tertiary/aromatic N) is 5. The summed E-state index contributed by atoms with van der Waals surface area (Å²) in [5.41, 5.74) is 1.17. The number of fused-ring (bicyclic) bond motifs is 2. The fourth-order valence-corrected chi connectivity index (χ4v) is 5.57. The number of rotatable bonds is 3. The van der Waals surface area contributed by atoms with Crippen molar-refractivity contribution in [3.8, 4) is 0 Å². The van der Waals surface area contributed by atoms with Crippen molar-refractivity contribution >= 4 is 17.5 Å². The molecule has 2 amide bonds. The van der Waals surface area contributed by atoms with E-state index >= 15 is 0 Å². The molecule has 1 aliphatic carbocycles. The number of hydrogen-bond acceptors (Lipinski definition) is 4. The third-order valence-electron chi connectivity index (χ3n) is 7.12. The number of likely N-dealkylation sites (tertiary alicyclic amines) is 2. The van der Waals surface area contributed by atoms with Crippen LogP contribution < -0.4 is 0 Å². The Morgan fingerprint density at radius 1 is 1.14 bits per heavy atom. The molecule has 29 heavy (non-hydrogen) atoms. The first-order valence-corrected chi connectivity index (χ1v) is 11.1. The molecule has 2 saturated heterocycles. The number of amides is 2. The van der Waals surface area contributed by atoms with Crippen molar-refractivity contribution in [2.45, 2.75) is 57.4 Å². The van der Waals surface area contributed by atoms with E-state index in [1.807, 2.05) is 4.90 Å². The van der Waals surface area contributed by atoms with Crippen LogP contribution in [0.15, 0.2) is 24.7 Å². The van der Waals surface area contributed by atoms with Gasteiger partial charge in [-0.25, -0.2) is 9.50 Å². The van der Waals surface area contributed by atoms with Gasteiger partial charge < -0.3 is 9.80 Å². The van der Waals surface area contributed by atoms with Gasteiger partial charge in [-0.05, 0) is 43.6 Å². The smallest absolute Gasteiger partial charge is 0.259 e. The van der Waals surface area contributed by atoms with E-state index in [9.17, 15) is 9.59 Å². The average Bonchev–Trinajstić information content (AvgIpc) is 3.20. The molecule has 0 aromatic carbocycles. The third kappa shape index (κ3) is 3.51. The first-order valence-electron chi connectivity index (χ1n) is 11.1. The van der Waals surface area contributed by atoms with E-state index in [2.05, 4.69) is 15.0 Å². The van der Waals surface area contributed by atoms with Gasteiger partial charge in [0.15, 0.2) is 5.65 Å². The minimum Gasteiger partial charge on any atom is -0.339 e. The SMILES string of the molecule is O=C(c1cnn2cccnc12)N1CC[C@H]2[C@H](CCC(=O)N2CC2CCCCC2)C1. The molecule has 2 aromatic rings. The topological polar surface area (TPSA) is 70.8 Å². The first kappa shape index (κ1) is 18.6. The summed E-state index contributed by atoms with van der Waals surface area (Å²) in [5, 5.41) is 4.26. The van der Waals surface area contributed by atoms with E-state index in [1.165, 1.54) is 32.1 Å². The van der Waals surface area contributed by atoms with Crippen molar-refractivity contribution < 1.29 is 9.59 Å². The van der Waals surface area contributed by atoms with Crippen molar-refractivity contribution in [1.82, 2.24) is 24.4 Å². The van der Waals surface area contributed by atoms with Crippen molar-refractivity contribution in [3.05, 3.63) is 30.2 Å². The summed E-state index contributed by atoms with van der Waals surface area (Å²) < 4.78 is 1.64. The lowest BCUT2D eigenvalue weighted by molar-refractivity contribution is -0.141. The lowest BCUT2D eigenvalue weighted by Gasteiger charge is -2.48. The van der Waals surface area contributed by atoms with E-state index in [4.69, 9.17) is 0 Å². The van der Waals surface area contributed by atoms with Gasteiger partial charge in [0.05, 0.1) is 6.20 Å². The zero-order chi connectivity index (χ0) is 19.8. The van der Waals surface area contributed by atoms with E-state index in [0.717, 1.165) is 25.9 Å².